The maximum absolute atomic E-state index is 10.5. The van der Waals surface area contributed by atoms with Crippen molar-refractivity contribution in [3.8, 4) is 0 Å². The number of aliphatic carboxylic acids is 1. The molecule has 0 saturated heterocycles. The van der Waals surface area contributed by atoms with E-state index >= 15 is 0 Å². The van der Waals surface area contributed by atoms with E-state index < -0.39 is 5.97 Å². The molecule has 2 aromatic carbocycles. The van der Waals surface area contributed by atoms with E-state index in [4.69, 9.17) is 10.8 Å². The third-order valence-corrected chi connectivity index (χ3v) is 3.34. The summed E-state index contributed by atoms with van der Waals surface area (Å²) in [7, 11) is 0. The molecular formula is C17H20N2O2. The minimum absolute atomic E-state index is 0.172. The van der Waals surface area contributed by atoms with Crippen molar-refractivity contribution in [3.05, 3.63) is 65.2 Å². The summed E-state index contributed by atoms with van der Waals surface area (Å²) in [6.45, 7) is 1.29. The Kier molecular flexibility index (Phi) is 5.35. The molecule has 0 saturated carbocycles. The number of benzene rings is 2. The van der Waals surface area contributed by atoms with Gasteiger partial charge >= 0.3 is 5.97 Å². The molecule has 0 aliphatic carbocycles. The maximum atomic E-state index is 10.5. The lowest BCUT2D eigenvalue weighted by Crippen LogP contribution is -2.01. The molecule has 0 bridgehead atoms. The topological polar surface area (TPSA) is 75.3 Å². The maximum Gasteiger partial charge on any atom is 0.303 e. The van der Waals surface area contributed by atoms with Crippen LogP contribution in [0.3, 0.4) is 0 Å². The lowest BCUT2D eigenvalue weighted by atomic mass is 10.1. The third kappa shape index (κ3) is 4.93. The van der Waals surface area contributed by atoms with Gasteiger partial charge in [-0.2, -0.15) is 0 Å². The molecule has 0 unspecified atom stereocenters. The Bertz CT molecular complexity index is 577. The fourth-order valence-electron chi connectivity index (χ4n) is 2.04. The summed E-state index contributed by atoms with van der Waals surface area (Å²) >= 11 is 0. The Labute approximate surface area is 124 Å². The van der Waals surface area contributed by atoms with Gasteiger partial charge in [0.15, 0.2) is 0 Å². The van der Waals surface area contributed by atoms with Gasteiger partial charge in [0.1, 0.15) is 0 Å². The Balaban J connectivity index is 1.86. The molecule has 110 valence electrons. The van der Waals surface area contributed by atoms with Gasteiger partial charge in [0, 0.05) is 25.2 Å². The first kappa shape index (κ1) is 15.1. The molecule has 0 radical (unpaired) electrons. The van der Waals surface area contributed by atoms with E-state index in [1.54, 1.807) is 0 Å². The van der Waals surface area contributed by atoms with Crippen LogP contribution in [-0.2, 0) is 24.3 Å². The van der Waals surface area contributed by atoms with Crippen molar-refractivity contribution < 1.29 is 9.90 Å². The second kappa shape index (κ2) is 7.45. The molecule has 4 heteroatoms. The number of nitrogens with two attached hydrogens (primary N) is 1. The second-order valence-corrected chi connectivity index (χ2v) is 4.96. The summed E-state index contributed by atoms with van der Waals surface area (Å²) in [5.41, 5.74) is 9.95. The van der Waals surface area contributed by atoms with Crippen LogP contribution in [-0.4, -0.2) is 11.1 Å². The highest BCUT2D eigenvalue weighted by Crippen LogP contribution is 2.12. The number of aryl methyl sites for hydroxylation is 1. The van der Waals surface area contributed by atoms with E-state index in [2.05, 4.69) is 5.32 Å². The monoisotopic (exact) mass is 284 g/mol. The van der Waals surface area contributed by atoms with Gasteiger partial charge in [0.25, 0.3) is 0 Å². The van der Waals surface area contributed by atoms with Gasteiger partial charge in [-0.05, 0) is 35.2 Å². The number of carbonyl (C=O) groups is 1. The minimum Gasteiger partial charge on any atom is -0.481 e. The third-order valence-electron chi connectivity index (χ3n) is 3.34. The molecule has 0 aliphatic heterocycles. The first-order valence-electron chi connectivity index (χ1n) is 7.00. The van der Waals surface area contributed by atoms with E-state index in [0.717, 1.165) is 28.9 Å². The number of nitrogens with one attached hydrogen (secondary N) is 1. The van der Waals surface area contributed by atoms with Crippen LogP contribution in [0, 0.1) is 0 Å². The summed E-state index contributed by atoms with van der Waals surface area (Å²) < 4.78 is 0. The van der Waals surface area contributed by atoms with Crippen molar-refractivity contribution in [3.63, 3.8) is 0 Å². The van der Waals surface area contributed by atoms with Crippen molar-refractivity contribution in [1.29, 1.82) is 0 Å². The molecule has 4 N–H and O–H groups in total. The fraction of sp³-hybridized carbons (Fsp3) is 0.235. The average molecular weight is 284 g/mol. The molecule has 21 heavy (non-hydrogen) atoms. The highest BCUT2D eigenvalue weighted by Gasteiger charge is 2.00. The zero-order valence-electron chi connectivity index (χ0n) is 11.9. The van der Waals surface area contributed by atoms with Crippen molar-refractivity contribution in [2.45, 2.75) is 25.9 Å². The summed E-state index contributed by atoms with van der Waals surface area (Å²) in [5, 5.41) is 12.0. The van der Waals surface area contributed by atoms with E-state index in [1.165, 1.54) is 0 Å². The molecule has 4 nitrogen and oxygen atoms in total. The van der Waals surface area contributed by atoms with Crippen LogP contribution >= 0.6 is 0 Å². The van der Waals surface area contributed by atoms with Crippen LogP contribution in [0.25, 0.3) is 0 Å². The van der Waals surface area contributed by atoms with Gasteiger partial charge in [-0.15, -0.1) is 0 Å². The van der Waals surface area contributed by atoms with E-state index in [1.807, 2.05) is 48.5 Å². The molecule has 0 spiro atoms. The Hall–Kier alpha value is -2.33. The number of rotatable bonds is 7. The number of hydrogen-bond donors (Lipinski definition) is 3. The summed E-state index contributed by atoms with van der Waals surface area (Å²) in [6, 6.07) is 16.1. The zero-order chi connectivity index (χ0) is 15.1. The number of hydrogen-bond acceptors (Lipinski definition) is 3. The minimum atomic E-state index is -0.762. The second-order valence-electron chi connectivity index (χ2n) is 4.96. The van der Waals surface area contributed by atoms with E-state index in [9.17, 15) is 4.79 Å². The predicted octanol–water partition coefficient (Wildman–Crippen LogP) is 2.77. The molecule has 0 aliphatic rings. The van der Waals surface area contributed by atoms with Gasteiger partial charge < -0.3 is 16.2 Å². The average Bonchev–Trinajstić information content (AvgIpc) is 2.52. The van der Waals surface area contributed by atoms with Crippen LogP contribution in [0.2, 0.25) is 0 Å². The van der Waals surface area contributed by atoms with Gasteiger partial charge in [0.2, 0.25) is 0 Å². The van der Waals surface area contributed by atoms with Gasteiger partial charge in [-0.3, -0.25) is 4.79 Å². The molecule has 0 aromatic heterocycles. The Morgan fingerprint density at radius 2 is 1.52 bits per heavy atom. The largest absolute Gasteiger partial charge is 0.481 e. The SMILES string of the molecule is NCc1ccc(NCc2ccc(CCC(=O)O)cc2)cc1. The van der Waals surface area contributed by atoms with Gasteiger partial charge in [0.05, 0.1) is 0 Å². The summed E-state index contributed by atoms with van der Waals surface area (Å²) in [6.07, 6.45) is 0.745. The van der Waals surface area contributed by atoms with Crippen LogP contribution < -0.4 is 11.1 Å². The van der Waals surface area contributed by atoms with Crippen LogP contribution in [0.15, 0.2) is 48.5 Å². The van der Waals surface area contributed by atoms with Crippen molar-refractivity contribution >= 4 is 11.7 Å². The van der Waals surface area contributed by atoms with Gasteiger partial charge in [-0.1, -0.05) is 36.4 Å². The fourth-order valence-corrected chi connectivity index (χ4v) is 2.04. The van der Waals surface area contributed by atoms with Crippen LogP contribution in [0.1, 0.15) is 23.1 Å². The molecule has 0 fully saturated rings. The normalized spacial score (nSPS) is 10.3. The van der Waals surface area contributed by atoms with Crippen LogP contribution in [0.5, 0.6) is 0 Å². The van der Waals surface area contributed by atoms with Crippen molar-refractivity contribution in [2.24, 2.45) is 5.73 Å². The zero-order valence-corrected chi connectivity index (χ0v) is 11.9. The first-order valence-corrected chi connectivity index (χ1v) is 7.00. The summed E-state index contributed by atoms with van der Waals surface area (Å²) in [5.74, 6) is -0.762. The predicted molar refractivity (Wildman–Crippen MR) is 84.1 cm³/mol. The van der Waals surface area contributed by atoms with Crippen molar-refractivity contribution in [2.75, 3.05) is 5.32 Å². The van der Waals surface area contributed by atoms with Crippen molar-refractivity contribution in [1.82, 2.24) is 0 Å². The van der Waals surface area contributed by atoms with Crippen LogP contribution in [0.4, 0.5) is 5.69 Å². The Morgan fingerprint density at radius 3 is 2.10 bits per heavy atom. The quantitative estimate of drug-likeness (QED) is 0.731. The molecule has 0 amide bonds. The van der Waals surface area contributed by atoms with Gasteiger partial charge in [-0.25, -0.2) is 0 Å². The smallest absolute Gasteiger partial charge is 0.303 e. The lowest BCUT2D eigenvalue weighted by Gasteiger charge is -2.08. The highest BCUT2D eigenvalue weighted by molar-refractivity contribution is 5.67. The molecular weight excluding hydrogens is 264 g/mol. The number of carboxylic acid groups (broad SMARTS) is 1. The number of anilines is 1. The van der Waals surface area contributed by atoms with E-state index in [0.29, 0.717) is 13.0 Å². The molecule has 2 rings (SSSR count). The Morgan fingerprint density at radius 1 is 0.952 bits per heavy atom. The molecule has 2 aromatic rings. The van der Waals surface area contributed by atoms with E-state index in [-0.39, 0.29) is 6.42 Å². The number of carboxylic acids is 1. The lowest BCUT2D eigenvalue weighted by molar-refractivity contribution is -0.136. The molecule has 0 atom stereocenters. The summed E-state index contributed by atoms with van der Waals surface area (Å²) in [4.78, 5) is 10.5. The first-order chi connectivity index (χ1) is 10.2. The standard InChI is InChI=1S/C17H20N2O2/c18-11-14-5-8-16(9-6-14)19-12-15-3-1-13(2-4-15)7-10-17(20)21/h1-6,8-9,19H,7,10-12,18H2,(H,20,21). The highest BCUT2D eigenvalue weighted by atomic mass is 16.4. The molecule has 0 heterocycles.